The van der Waals surface area contributed by atoms with Gasteiger partial charge in [-0.05, 0) is 29.3 Å². The van der Waals surface area contributed by atoms with Crippen LogP contribution in [0.25, 0.3) is 27.2 Å². The van der Waals surface area contributed by atoms with Gasteiger partial charge in [-0.15, -0.1) is 0 Å². The van der Waals surface area contributed by atoms with E-state index in [-0.39, 0.29) is 0 Å². The third-order valence-electron chi connectivity index (χ3n) is 5.16. The van der Waals surface area contributed by atoms with E-state index in [1.165, 1.54) is 0 Å². The maximum atomic E-state index is 12.7. The molecule has 0 saturated carbocycles. The molecule has 0 unspecified atom stereocenters. The number of aromatic nitrogens is 1. The fourth-order valence-electron chi connectivity index (χ4n) is 3.93. The van der Waals surface area contributed by atoms with Crippen LogP contribution in [0.4, 0.5) is 0 Å². The van der Waals surface area contributed by atoms with Gasteiger partial charge in [-0.3, -0.25) is 9.59 Å². The molecule has 0 aliphatic heterocycles. The third kappa shape index (κ3) is 1.88. The van der Waals surface area contributed by atoms with Crippen LogP contribution in [0.2, 0.25) is 0 Å². The molecular weight excluding hydrogens is 322 g/mol. The highest BCUT2D eigenvalue weighted by molar-refractivity contribution is 6.54. The molecule has 0 amide bonds. The molecule has 4 aromatic rings. The quantitative estimate of drug-likeness (QED) is 0.502. The smallest absolute Gasteiger partial charge is 0.235 e. The number of H-pyrrole nitrogens is 1. The number of carbonyl (C=O) groups excluding carboxylic acids is 2. The molecule has 5 rings (SSSR count). The van der Waals surface area contributed by atoms with Gasteiger partial charge in [-0.25, -0.2) is 0 Å². The van der Waals surface area contributed by atoms with Gasteiger partial charge in [0.05, 0.1) is 11.3 Å². The van der Waals surface area contributed by atoms with Crippen molar-refractivity contribution in [1.82, 2.24) is 4.98 Å². The van der Waals surface area contributed by atoms with E-state index in [1.807, 2.05) is 54.6 Å². The van der Waals surface area contributed by atoms with Crippen molar-refractivity contribution in [3.05, 3.63) is 89.1 Å². The van der Waals surface area contributed by atoms with Crippen LogP contribution in [0.3, 0.4) is 0 Å². The number of allylic oxidation sites excluding steroid dienone is 1. The average molecular weight is 337 g/mol. The summed E-state index contributed by atoms with van der Waals surface area (Å²) >= 11 is 0. The van der Waals surface area contributed by atoms with E-state index in [4.69, 9.17) is 0 Å². The van der Waals surface area contributed by atoms with Crippen LogP contribution >= 0.6 is 0 Å². The summed E-state index contributed by atoms with van der Waals surface area (Å²) in [5, 5.41) is 2.97. The number of benzene rings is 3. The molecule has 1 aromatic heterocycles. The zero-order valence-corrected chi connectivity index (χ0v) is 14.2. The number of Topliss-reactive ketones (excluding diaryl/α,β-unsaturated/α-hetero) is 2. The Bertz CT molecular complexity index is 1270. The molecule has 3 heteroatoms. The summed E-state index contributed by atoms with van der Waals surface area (Å²) in [4.78, 5) is 28.8. The molecule has 0 saturated heterocycles. The van der Waals surface area contributed by atoms with Gasteiger partial charge in [0.15, 0.2) is 0 Å². The molecule has 26 heavy (non-hydrogen) atoms. The summed E-state index contributed by atoms with van der Waals surface area (Å²) in [6, 6.07) is 21.8. The summed E-state index contributed by atoms with van der Waals surface area (Å²) in [6.07, 6.45) is 0. The highest BCUT2D eigenvalue weighted by atomic mass is 16.2. The lowest BCUT2D eigenvalue weighted by Crippen LogP contribution is -2.22. The molecule has 1 N–H and O–H groups in total. The second-order valence-electron chi connectivity index (χ2n) is 6.61. The van der Waals surface area contributed by atoms with E-state index in [9.17, 15) is 9.59 Å². The van der Waals surface area contributed by atoms with Gasteiger partial charge in [0, 0.05) is 22.0 Å². The fraction of sp³-hybridized carbons (Fsp3) is 0.0435. The van der Waals surface area contributed by atoms with Gasteiger partial charge in [-0.1, -0.05) is 60.7 Å². The minimum atomic E-state index is -0.432. The number of para-hydroxylation sites is 1. The van der Waals surface area contributed by atoms with Crippen molar-refractivity contribution in [3.63, 3.8) is 0 Å². The van der Waals surface area contributed by atoms with Crippen LogP contribution < -0.4 is 0 Å². The van der Waals surface area contributed by atoms with E-state index in [0.29, 0.717) is 11.1 Å². The Morgan fingerprint density at radius 2 is 1.42 bits per heavy atom. The Kier molecular flexibility index (Phi) is 3.01. The number of hydrogen-bond donors (Lipinski definition) is 1. The fourth-order valence-corrected chi connectivity index (χ4v) is 3.93. The van der Waals surface area contributed by atoms with E-state index < -0.39 is 11.6 Å². The number of aromatic amines is 1. The summed E-state index contributed by atoms with van der Waals surface area (Å²) < 4.78 is 0. The second kappa shape index (κ2) is 5.27. The van der Waals surface area contributed by atoms with Crippen molar-refractivity contribution in [3.8, 4) is 0 Å². The molecule has 3 nitrogen and oxygen atoms in total. The van der Waals surface area contributed by atoms with Crippen LogP contribution in [-0.4, -0.2) is 16.6 Å². The van der Waals surface area contributed by atoms with E-state index in [1.54, 1.807) is 6.92 Å². The molecule has 0 spiro atoms. The van der Waals surface area contributed by atoms with E-state index >= 15 is 0 Å². The van der Waals surface area contributed by atoms with Crippen molar-refractivity contribution >= 4 is 38.8 Å². The summed E-state index contributed by atoms with van der Waals surface area (Å²) in [6.45, 7) is 1.74. The highest BCUT2D eigenvalue weighted by Crippen LogP contribution is 2.40. The van der Waals surface area contributed by atoms with Gasteiger partial charge >= 0.3 is 0 Å². The molecule has 3 aromatic carbocycles. The first kappa shape index (κ1) is 14.8. The minimum Gasteiger partial charge on any atom is -0.354 e. The topological polar surface area (TPSA) is 49.9 Å². The van der Waals surface area contributed by atoms with Crippen molar-refractivity contribution < 1.29 is 9.59 Å². The summed E-state index contributed by atoms with van der Waals surface area (Å²) in [5.41, 5.74) is 4.37. The molecule has 0 atom stereocenters. The number of fused-ring (bicyclic) bond motifs is 4. The summed E-state index contributed by atoms with van der Waals surface area (Å²) in [7, 11) is 0. The van der Waals surface area contributed by atoms with E-state index in [2.05, 4.69) is 17.1 Å². The highest BCUT2D eigenvalue weighted by Gasteiger charge is 2.34. The molecular formula is C23H15NO2. The van der Waals surface area contributed by atoms with Gasteiger partial charge in [0.1, 0.15) is 0 Å². The Labute approximate surface area is 150 Å². The normalized spacial score (nSPS) is 14.3. The van der Waals surface area contributed by atoms with Gasteiger partial charge in [0.25, 0.3) is 0 Å². The van der Waals surface area contributed by atoms with Crippen molar-refractivity contribution in [1.29, 1.82) is 0 Å². The first-order valence-corrected chi connectivity index (χ1v) is 8.56. The molecule has 1 aliphatic carbocycles. The number of nitrogens with one attached hydrogen (secondary N) is 1. The zero-order chi connectivity index (χ0) is 17.8. The predicted octanol–water partition coefficient (Wildman–Crippen LogP) is 4.91. The molecule has 1 aliphatic rings. The SMILES string of the molecule is CC1=C(c2cccc3ccccc23)c2[nH]c3ccccc3c2C(=O)C1=O. The lowest BCUT2D eigenvalue weighted by Gasteiger charge is -2.19. The van der Waals surface area contributed by atoms with Crippen molar-refractivity contribution in [2.24, 2.45) is 0 Å². The Balaban J connectivity index is 1.92. The summed E-state index contributed by atoms with van der Waals surface area (Å²) in [5.74, 6) is -0.857. The Hall–Kier alpha value is -3.46. The number of carbonyl (C=O) groups is 2. The lowest BCUT2D eigenvalue weighted by molar-refractivity contribution is -0.111. The first-order valence-electron chi connectivity index (χ1n) is 8.56. The van der Waals surface area contributed by atoms with Crippen LogP contribution in [0.5, 0.6) is 0 Å². The Morgan fingerprint density at radius 3 is 2.27 bits per heavy atom. The standard InChI is InChI=1S/C23H15NO2/c1-13-19(16-11-6-8-14-7-2-3-9-15(14)16)21-20(23(26)22(13)25)17-10-4-5-12-18(17)24-21/h2-12,24H,1H3. The first-order chi connectivity index (χ1) is 12.7. The largest absolute Gasteiger partial charge is 0.354 e. The number of hydrogen-bond acceptors (Lipinski definition) is 2. The lowest BCUT2D eigenvalue weighted by atomic mass is 9.83. The minimum absolute atomic E-state index is 0.426. The molecule has 124 valence electrons. The van der Waals surface area contributed by atoms with Gasteiger partial charge < -0.3 is 4.98 Å². The van der Waals surface area contributed by atoms with Crippen molar-refractivity contribution in [2.45, 2.75) is 6.92 Å². The number of ketones is 2. The molecule has 0 radical (unpaired) electrons. The van der Waals surface area contributed by atoms with Crippen LogP contribution in [0.15, 0.2) is 72.3 Å². The molecule has 0 bridgehead atoms. The van der Waals surface area contributed by atoms with Gasteiger partial charge in [0.2, 0.25) is 11.6 Å². The van der Waals surface area contributed by atoms with E-state index in [0.717, 1.165) is 38.5 Å². The van der Waals surface area contributed by atoms with Gasteiger partial charge in [-0.2, -0.15) is 0 Å². The maximum Gasteiger partial charge on any atom is 0.235 e. The predicted molar refractivity (Wildman–Crippen MR) is 103 cm³/mol. The van der Waals surface area contributed by atoms with Crippen molar-refractivity contribution in [2.75, 3.05) is 0 Å². The van der Waals surface area contributed by atoms with Crippen LogP contribution in [-0.2, 0) is 4.79 Å². The molecule has 0 fully saturated rings. The second-order valence-corrected chi connectivity index (χ2v) is 6.61. The zero-order valence-electron chi connectivity index (χ0n) is 14.2. The maximum absolute atomic E-state index is 12.7. The Morgan fingerprint density at radius 1 is 0.731 bits per heavy atom. The number of rotatable bonds is 1. The molecule has 1 heterocycles. The van der Waals surface area contributed by atoms with Crippen LogP contribution in [0, 0.1) is 0 Å². The monoisotopic (exact) mass is 337 g/mol. The average Bonchev–Trinajstić information content (AvgIpc) is 3.05. The third-order valence-corrected chi connectivity index (χ3v) is 5.16. The van der Waals surface area contributed by atoms with Crippen LogP contribution in [0.1, 0.15) is 28.5 Å².